The number of amides is 2. The van der Waals surface area contributed by atoms with Crippen LogP contribution in [-0.2, 0) is 4.74 Å². The predicted molar refractivity (Wildman–Crippen MR) is 82.9 cm³/mol. The molecule has 0 bridgehead atoms. The van der Waals surface area contributed by atoms with Gasteiger partial charge in [0.05, 0.1) is 12.6 Å². The lowest BCUT2D eigenvalue weighted by atomic mass is 10.2. The van der Waals surface area contributed by atoms with Gasteiger partial charge in [-0.1, -0.05) is 24.2 Å². The van der Waals surface area contributed by atoms with Crippen LogP contribution < -0.4 is 15.4 Å². The second-order valence-corrected chi connectivity index (χ2v) is 5.33. The molecule has 0 radical (unpaired) electrons. The van der Waals surface area contributed by atoms with Gasteiger partial charge in [-0.25, -0.2) is 4.79 Å². The van der Waals surface area contributed by atoms with Crippen molar-refractivity contribution >= 4 is 23.3 Å². The SMILES string of the molecule is C=C(Cl)CNC(=O)Nc1cccc(OC[C@@H]2CCCO2)c1. The minimum atomic E-state index is -0.340. The Morgan fingerprint density at radius 1 is 1.52 bits per heavy atom. The summed E-state index contributed by atoms with van der Waals surface area (Å²) in [5, 5.41) is 5.66. The second-order valence-electron chi connectivity index (χ2n) is 4.80. The summed E-state index contributed by atoms with van der Waals surface area (Å²) in [5.41, 5.74) is 0.650. The number of benzene rings is 1. The summed E-state index contributed by atoms with van der Waals surface area (Å²) in [6.07, 6.45) is 2.28. The fourth-order valence-electron chi connectivity index (χ4n) is 1.98. The molecule has 2 amide bonds. The summed E-state index contributed by atoms with van der Waals surface area (Å²) >= 11 is 5.58. The standard InChI is InChI=1S/C15H19ClN2O3/c1-11(16)9-17-15(19)18-12-4-2-5-13(8-12)21-10-14-6-3-7-20-14/h2,4-5,8,14H,1,3,6-7,9-10H2,(H2,17,18,19)/t14-/m0/s1. The highest BCUT2D eigenvalue weighted by atomic mass is 35.5. The molecule has 1 aromatic rings. The zero-order valence-corrected chi connectivity index (χ0v) is 12.5. The van der Waals surface area contributed by atoms with Gasteiger partial charge in [0, 0.05) is 23.4 Å². The van der Waals surface area contributed by atoms with Crippen molar-refractivity contribution in [2.45, 2.75) is 18.9 Å². The molecule has 5 nitrogen and oxygen atoms in total. The molecule has 0 aliphatic carbocycles. The van der Waals surface area contributed by atoms with Crippen molar-refractivity contribution in [1.82, 2.24) is 5.32 Å². The Kier molecular flexibility index (Phi) is 5.90. The topological polar surface area (TPSA) is 59.6 Å². The highest BCUT2D eigenvalue weighted by Crippen LogP contribution is 2.19. The van der Waals surface area contributed by atoms with E-state index in [0.717, 1.165) is 19.4 Å². The number of nitrogens with one attached hydrogen (secondary N) is 2. The Morgan fingerprint density at radius 3 is 3.10 bits per heavy atom. The first kappa shape index (κ1) is 15.7. The summed E-state index contributed by atoms with van der Waals surface area (Å²) < 4.78 is 11.2. The van der Waals surface area contributed by atoms with Crippen LogP contribution in [0.3, 0.4) is 0 Å². The Bertz CT molecular complexity index is 501. The van der Waals surface area contributed by atoms with Gasteiger partial charge < -0.3 is 20.1 Å². The average Bonchev–Trinajstić information content (AvgIpc) is 2.97. The van der Waals surface area contributed by atoms with Crippen LogP contribution in [0.15, 0.2) is 35.9 Å². The summed E-state index contributed by atoms with van der Waals surface area (Å²) in [5.74, 6) is 0.699. The van der Waals surface area contributed by atoms with Crippen LogP contribution in [0.2, 0.25) is 0 Å². The second kappa shape index (κ2) is 7.90. The molecule has 2 N–H and O–H groups in total. The van der Waals surface area contributed by atoms with E-state index in [4.69, 9.17) is 21.1 Å². The molecule has 1 saturated heterocycles. The molecule has 114 valence electrons. The molecule has 1 aromatic carbocycles. The van der Waals surface area contributed by atoms with E-state index < -0.39 is 0 Å². The lowest BCUT2D eigenvalue weighted by Crippen LogP contribution is -2.29. The molecule has 1 atom stereocenters. The third-order valence-corrected chi connectivity index (χ3v) is 3.13. The number of halogens is 1. The summed E-state index contributed by atoms with van der Waals surface area (Å²) in [7, 11) is 0. The first-order valence-electron chi connectivity index (χ1n) is 6.86. The molecule has 0 unspecified atom stereocenters. The van der Waals surface area contributed by atoms with Crippen LogP contribution in [0.25, 0.3) is 0 Å². The lowest BCUT2D eigenvalue weighted by molar-refractivity contribution is 0.0680. The van der Waals surface area contributed by atoms with Crippen LogP contribution in [0.1, 0.15) is 12.8 Å². The van der Waals surface area contributed by atoms with Crippen molar-refractivity contribution < 1.29 is 14.3 Å². The zero-order chi connectivity index (χ0) is 15.1. The molecule has 1 fully saturated rings. The maximum Gasteiger partial charge on any atom is 0.319 e. The van der Waals surface area contributed by atoms with Crippen molar-refractivity contribution in [2.24, 2.45) is 0 Å². The van der Waals surface area contributed by atoms with Crippen molar-refractivity contribution in [2.75, 3.05) is 25.1 Å². The number of ether oxygens (including phenoxy) is 2. The Balaban J connectivity index is 1.82. The van der Waals surface area contributed by atoms with E-state index >= 15 is 0 Å². The maximum atomic E-state index is 11.6. The van der Waals surface area contributed by atoms with Gasteiger partial charge >= 0.3 is 6.03 Å². The van der Waals surface area contributed by atoms with E-state index in [2.05, 4.69) is 17.2 Å². The number of rotatable bonds is 6. The molecule has 1 aliphatic rings. The largest absolute Gasteiger partial charge is 0.491 e. The number of hydrogen-bond acceptors (Lipinski definition) is 3. The molecule has 2 rings (SSSR count). The van der Waals surface area contributed by atoms with Crippen molar-refractivity contribution in [1.29, 1.82) is 0 Å². The molecule has 0 aromatic heterocycles. The van der Waals surface area contributed by atoms with Crippen molar-refractivity contribution in [3.63, 3.8) is 0 Å². The smallest absolute Gasteiger partial charge is 0.319 e. The van der Waals surface area contributed by atoms with Crippen LogP contribution in [0.4, 0.5) is 10.5 Å². The van der Waals surface area contributed by atoms with Gasteiger partial charge in [-0.3, -0.25) is 0 Å². The molecule has 21 heavy (non-hydrogen) atoms. The van der Waals surface area contributed by atoms with E-state index in [1.165, 1.54) is 0 Å². The number of anilines is 1. The summed E-state index contributed by atoms with van der Waals surface area (Å²) in [6, 6.07) is 6.88. The molecule has 1 aliphatic heterocycles. The summed E-state index contributed by atoms with van der Waals surface area (Å²) in [6.45, 7) is 5.06. The monoisotopic (exact) mass is 310 g/mol. The van der Waals surface area contributed by atoms with Crippen LogP contribution in [0, 0.1) is 0 Å². The van der Waals surface area contributed by atoms with Gasteiger partial charge in [-0.05, 0) is 25.0 Å². The third-order valence-electron chi connectivity index (χ3n) is 2.99. The van der Waals surface area contributed by atoms with Gasteiger partial charge in [0.15, 0.2) is 0 Å². The van der Waals surface area contributed by atoms with Gasteiger partial charge in [-0.2, -0.15) is 0 Å². The van der Waals surface area contributed by atoms with E-state index in [9.17, 15) is 4.79 Å². The molecular formula is C15H19ClN2O3. The Labute approximate surface area is 129 Å². The van der Waals surface area contributed by atoms with E-state index in [1.807, 2.05) is 12.1 Å². The van der Waals surface area contributed by atoms with Gasteiger partial charge in [0.2, 0.25) is 0 Å². The first-order chi connectivity index (χ1) is 10.1. The minimum absolute atomic E-state index is 0.166. The number of urea groups is 1. The van der Waals surface area contributed by atoms with Gasteiger partial charge in [0.1, 0.15) is 12.4 Å². The number of carbonyl (C=O) groups is 1. The highest BCUT2D eigenvalue weighted by Gasteiger charge is 2.16. The van der Waals surface area contributed by atoms with Gasteiger partial charge in [-0.15, -0.1) is 0 Å². The van der Waals surface area contributed by atoms with Crippen molar-refractivity contribution in [3.05, 3.63) is 35.9 Å². The Morgan fingerprint density at radius 2 is 2.38 bits per heavy atom. The highest BCUT2D eigenvalue weighted by molar-refractivity contribution is 6.29. The van der Waals surface area contributed by atoms with E-state index in [-0.39, 0.29) is 18.7 Å². The van der Waals surface area contributed by atoms with Crippen LogP contribution in [0.5, 0.6) is 5.75 Å². The van der Waals surface area contributed by atoms with E-state index in [1.54, 1.807) is 12.1 Å². The lowest BCUT2D eigenvalue weighted by Gasteiger charge is -2.12. The molecule has 0 spiro atoms. The normalized spacial score (nSPS) is 17.3. The zero-order valence-electron chi connectivity index (χ0n) is 11.7. The number of carbonyl (C=O) groups excluding carboxylic acids is 1. The fourth-order valence-corrected chi connectivity index (χ4v) is 2.05. The predicted octanol–water partition coefficient (Wildman–Crippen LogP) is 3.12. The molecular weight excluding hydrogens is 292 g/mol. The molecule has 1 heterocycles. The van der Waals surface area contributed by atoms with E-state index in [0.29, 0.717) is 23.1 Å². The molecule has 0 saturated carbocycles. The first-order valence-corrected chi connectivity index (χ1v) is 7.24. The third kappa shape index (κ3) is 5.65. The Hall–Kier alpha value is -1.72. The van der Waals surface area contributed by atoms with Crippen LogP contribution >= 0.6 is 11.6 Å². The summed E-state index contributed by atoms with van der Waals surface area (Å²) in [4.78, 5) is 11.6. The molecule has 6 heteroatoms. The quantitative estimate of drug-likeness (QED) is 0.848. The van der Waals surface area contributed by atoms with Gasteiger partial charge in [0.25, 0.3) is 0 Å². The van der Waals surface area contributed by atoms with Crippen molar-refractivity contribution in [3.8, 4) is 5.75 Å². The fraction of sp³-hybridized carbons (Fsp3) is 0.400. The average molecular weight is 311 g/mol. The van der Waals surface area contributed by atoms with Crippen LogP contribution in [-0.4, -0.2) is 31.9 Å². The number of hydrogen-bond donors (Lipinski definition) is 2. The minimum Gasteiger partial charge on any atom is -0.491 e. The maximum absolute atomic E-state index is 11.6.